The van der Waals surface area contributed by atoms with Crippen LogP contribution in [0.4, 0.5) is 0 Å². The zero-order chi connectivity index (χ0) is 7.61. The first kappa shape index (κ1) is 8.12. The first-order valence-corrected chi connectivity index (χ1v) is 5.14. The molecule has 0 aromatic rings. The molecule has 1 aliphatic rings. The molecule has 60 valence electrons. The van der Waals surface area contributed by atoms with E-state index in [9.17, 15) is 0 Å². The summed E-state index contributed by atoms with van der Waals surface area (Å²) >= 11 is 0. The molecule has 0 radical (unpaired) electrons. The second-order valence-corrected chi connectivity index (χ2v) is 4.47. The van der Waals surface area contributed by atoms with Crippen molar-refractivity contribution in [3.8, 4) is 0 Å². The summed E-state index contributed by atoms with van der Waals surface area (Å²) in [5.41, 5.74) is -0.554. The second-order valence-electron chi connectivity index (χ2n) is 2.40. The molecule has 1 unspecified atom stereocenters. The van der Waals surface area contributed by atoms with Gasteiger partial charge in [0.2, 0.25) is 0 Å². The monoisotopic (exact) mass is 164 g/mol. The second kappa shape index (κ2) is 2.95. The van der Waals surface area contributed by atoms with E-state index in [1.807, 2.05) is 0 Å². The summed E-state index contributed by atoms with van der Waals surface area (Å²) < 4.78 is 0. The van der Waals surface area contributed by atoms with Crippen molar-refractivity contribution in [3.63, 3.8) is 0 Å². The topological polar surface area (TPSA) is 84.8 Å². The van der Waals surface area contributed by atoms with Crippen LogP contribution >= 0.6 is 0 Å². The smallest absolute Gasteiger partial charge is 0.389 e. The molecule has 0 aromatic heterocycles. The Morgan fingerprint density at radius 2 is 1.90 bits per heavy atom. The Labute approximate surface area is 60.1 Å². The van der Waals surface area contributed by atoms with Crippen LogP contribution in [-0.2, 0) is 0 Å². The Hall–Kier alpha value is 0.0169. The van der Waals surface area contributed by atoms with Gasteiger partial charge in [0.1, 0.15) is 0 Å². The van der Waals surface area contributed by atoms with Gasteiger partial charge in [0.15, 0.2) is 0 Å². The van der Waals surface area contributed by atoms with E-state index in [1.165, 1.54) is 0 Å². The molecule has 1 saturated heterocycles. The average molecular weight is 164 g/mol. The normalized spacial score (nSPS) is 28.5. The quantitative estimate of drug-likeness (QED) is 0.267. The van der Waals surface area contributed by atoms with Gasteiger partial charge in [-0.25, -0.2) is 0 Å². The maximum atomic E-state index is 8.79. The summed E-state index contributed by atoms with van der Waals surface area (Å²) in [6, 6.07) is 0. The lowest BCUT2D eigenvalue weighted by molar-refractivity contribution is 0.196. The summed E-state index contributed by atoms with van der Waals surface area (Å²) in [7, 11) is -3.93. The van der Waals surface area contributed by atoms with Crippen LogP contribution in [0.5, 0.6) is 0 Å². The number of piperazine rings is 1. The highest BCUT2D eigenvalue weighted by Crippen LogP contribution is 1.96. The molecule has 0 saturated carbocycles. The summed E-state index contributed by atoms with van der Waals surface area (Å²) in [5.74, 6) is 0. The fourth-order valence-electron chi connectivity index (χ4n) is 0.927. The summed E-state index contributed by atoms with van der Waals surface area (Å²) in [6.45, 7) is 1.90. The minimum Gasteiger partial charge on any atom is -0.389 e. The minimum absolute atomic E-state index is 0.426. The van der Waals surface area contributed by atoms with Crippen LogP contribution in [0.3, 0.4) is 0 Å². The van der Waals surface area contributed by atoms with Crippen LogP contribution in [0.1, 0.15) is 0 Å². The maximum Gasteiger partial charge on any atom is 0.511 e. The van der Waals surface area contributed by atoms with E-state index in [4.69, 9.17) is 14.4 Å². The minimum atomic E-state index is -3.93. The highest BCUT2D eigenvalue weighted by atomic mass is 28.4. The van der Waals surface area contributed by atoms with E-state index in [1.54, 1.807) is 0 Å². The van der Waals surface area contributed by atoms with Crippen LogP contribution in [0.25, 0.3) is 0 Å². The van der Waals surface area contributed by atoms with Gasteiger partial charge in [-0.3, -0.25) is 0 Å². The van der Waals surface area contributed by atoms with Crippen molar-refractivity contribution in [3.05, 3.63) is 0 Å². The van der Waals surface area contributed by atoms with Gasteiger partial charge >= 0.3 is 8.80 Å². The van der Waals surface area contributed by atoms with Crippen molar-refractivity contribution in [2.24, 2.45) is 0 Å². The third kappa shape index (κ3) is 2.01. The van der Waals surface area contributed by atoms with E-state index >= 15 is 0 Å². The first-order chi connectivity index (χ1) is 4.61. The standard InChI is InChI=1S/C4H12N2O3Si/c7-10(8,9)4-3-5-1-2-6-4/h4-9H,1-3H2. The highest BCUT2D eigenvalue weighted by molar-refractivity contribution is 6.58. The van der Waals surface area contributed by atoms with Crippen molar-refractivity contribution < 1.29 is 14.4 Å². The van der Waals surface area contributed by atoms with Gasteiger partial charge in [0.05, 0.1) is 5.67 Å². The Balaban J connectivity index is 2.39. The van der Waals surface area contributed by atoms with Gasteiger partial charge in [-0.2, -0.15) is 0 Å². The van der Waals surface area contributed by atoms with Gasteiger partial charge in [-0.15, -0.1) is 0 Å². The van der Waals surface area contributed by atoms with E-state index in [-0.39, 0.29) is 0 Å². The average Bonchev–Trinajstić information content (AvgIpc) is 1.88. The molecule has 5 N–H and O–H groups in total. The van der Waals surface area contributed by atoms with Gasteiger partial charge < -0.3 is 25.0 Å². The van der Waals surface area contributed by atoms with Crippen molar-refractivity contribution >= 4 is 8.80 Å². The molecule has 0 bridgehead atoms. The Kier molecular flexibility index (Phi) is 2.39. The van der Waals surface area contributed by atoms with E-state index in [2.05, 4.69) is 10.6 Å². The fourth-order valence-corrected chi connectivity index (χ4v) is 1.76. The molecule has 1 heterocycles. The van der Waals surface area contributed by atoms with E-state index < -0.39 is 14.5 Å². The van der Waals surface area contributed by atoms with Crippen molar-refractivity contribution in [1.82, 2.24) is 10.6 Å². The van der Waals surface area contributed by atoms with Gasteiger partial charge in [-0.1, -0.05) is 0 Å². The Morgan fingerprint density at radius 3 is 2.20 bits per heavy atom. The predicted molar refractivity (Wildman–Crippen MR) is 37.1 cm³/mol. The van der Waals surface area contributed by atoms with Crippen LogP contribution < -0.4 is 10.6 Å². The van der Waals surface area contributed by atoms with Crippen LogP contribution in [0.2, 0.25) is 0 Å². The molecule has 1 atom stereocenters. The lowest BCUT2D eigenvalue weighted by Gasteiger charge is -2.27. The molecule has 0 spiro atoms. The first-order valence-electron chi connectivity index (χ1n) is 3.22. The molecule has 0 aromatic carbocycles. The number of rotatable bonds is 1. The zero-order valence-corrected chi connectivity index (χ0v) is 6.54. The zero-order valence-electron chi connectivity index (χ0n) is 5.54. The molecule has 1 aliphatic heterocycles. The van der Waals surface area contributed by atoms with Crippen LogP contribution in [0, 0.1) is 0 Å². The van der Waals surface area contributed by atoms with Gasteiger partial charge in [0, 0.05) is 19.6 Å². The molecule has 0 amide bonds. The third-order valence-electron chi connectivity index (χ3n) is 1.51. The van der Waals surface area contributed by atoms with E-state index in [0.29, 0.717) is 13.1 Å². The molecular weight excluding hydrogens is 152 g/mol. The van der Waals surface area contributed by atoms with Gasteiger partial charge in [-0.05, 0) is 0 Å². The lowest BCUT2D eigenvalue weighted by atomic mass is 10.4. The summed E-state index contributed by atoms with van der Waals surface area (Å²) in [5, 5.41) is 5.74. The summed E-state index contributed by atoms with van der Waals surface area (Å²) in [6.07, 6.45) is 0. The molecule has 5 nitrogen and oxygen atoms in total. The van der Waals surface area contributed by atoms with Crippen molar-refractivity contribution in [2.45, 2.75) is 5.67 Å². The van der Waals surface area contributed by atoms with E-state index in [0.717, 1.165) is 6.54 Å². The molecule has 1 fully saturated rings. The van der Waals surface area contributed by atoms with Crippen LogP contribution in [-0.4, -0.2) is 48.5 Å². The largest absolute Gasteiger partial charge is 0.511 e. The number of hydrogen-bond donors (Lipinski definition) is 5. The third-order valence-corrected chi connectivity index (χ3v) is 2.85. The lowest BCUT2D eigenvalue weighted by Crippen LogP contribution is -2.64. The molecule has 0 aliphatic carbocycles. The molecular formula is C4H12N2O3Si. The van der Waals surface area contributed by atoms with Crippen molar-refractivity contribution in [1.29, 1.82) is 0 Å². The predicted octanol–water partition coefficient (Wildman–Crippen LogP) is -3.00. The number of hydrogen-bond acceptors (Lipinski definition) is 5. The van der Waals surface area contributed by atoms with Crippen molar-refractivity contribution in [2.75, 3.05) is 19.6 Å². The number of nitrogens with one attached hydrogen (secondary N) is 2. The fraction of sp³-hybridized carbons (Fsp3) is 1.00. The molecule has 6 heteroatoms. The maximum absolute atomic E-state index is 8.79. The Bertz CT molecular complexity index is 110. The summed E-state index contributed by atoms with van der Waals surface area (Å²) in [4.78, 5) is 26.4. The van der Waals surface area contributed by atoms with Gasteiger partial charge in [0.25, 0.3) is 0 Å². The molecule has 10 heavy (non-hydrogen) atoms. The van der Waals surface area contributed by atoms with Crippen LogP contribution in [0.15, 0.2) is 0 Å². The Morgan fingerprint density at radius 1 is 1.20 bits per heavy atom. The molecule has 1 rings (SSSR count). The highest BCUT2D eigenvalue weighted by Gasteiger charge is 2.39. The SMILES string of the molecule is O[Si](O)(O)C1CNCCN1.